The third-order valence-electron chi connectivity index (χ3n) is 5.41. The number of carbonyl (C=O) groups excluding carboxylic acids is 1. The molecule has 1 amide bonds. The first-order valence-electron chi connectivity index (χ1n) is 10.1. The van der Waals surface area contributed by atoms with Gasteiger partial charge in [0.15, 0.2) is 6.54 Å². The molecule has 1 aliphatic heterocycles. The second-order valence-corrected chi connectivity index (χ2v) is 7.54. The van der Waals surface area contributed by atoms with Crippen molar-refractivity contribution >= 4 is 17.3 Å². The molecule has 1 N–H and O–H groups in total. The minimum absolute atomic E-state index is 0.0215. The van der Waals surface area contributed by atoms with Crippen LogP contribution in [0.15, 0.2) is 90.0 Å². The first-order valence-corrected chi connectivity index (χ1v) is 10.1. The summed E-state index contributed by atoms with van der Waals surface area (Å²) in [4.78, 5) is 24.7. The van der Waals surface area contributed by atoms with Crippen molar-refractivity contribution in [2.75, 3.05) is 6.54 Å². The van der Waals surface area contributed by atoms with Gasteiger partial charge < -0.3 is 0 Å². The summed E-state index contributed by atoms with van der Waals surface area (Å²) in [6, 6.07) is 26.1. The van der Waals surface area contributed by atoms with Gasteiger partial charge in [0.25, 0.3) is 5.69 Å². The Balaban J connectivity index is 1.71. The fourth-order valence-corrected chi connectivity index (χ4v) is 3.87. The van der Waals surface area contributed by atoms with Crippen LogP contribution in [0.4, 0.5) is 5.69 Å². The fraction of sp³-hybridized carbons (Fsp3) is 0.167. The summed E-state index contributed by atoms with van der Waals surface area (Å²) in [5.74, 6) is -0.0791. The number of nitrogens with one attached hydrogen (secondary N) is 1. The Kier molecular flexibility index (Phi) is 5.86. The van der Waals surface area contributed by atoms with Gasteiger partial charge in [-0.05, 0) is 24.6 Å². The van der Waals surface area contributed by atoms with Crippen LogP contribution in [0.1, 0.15) is 29.8 Å². The SMILES string of the molecule is C/C(=N/N1C(=O)C[NH+](Cc2ccccc2)[C@H]1c1ccc([N+](=O)[O-])cc1)c1ccccc1. The fourth-order valence-electron chi connectivity index (χ4n) is 3.87. The number of hydrogen-bond donors (Lipinski definition) is 1. The lowest BCUT2D eigenvalue weighted by molar-refractivity contribution is -0.936. The smallest absolute Gasteiger partial charge is 0.298 e. The molecule has 4 rings (SSSR count). The van der Waals surface area contributed by atoms with E-state index in [1.807, 2.05) is 67.6 Å². The van der Waals surface area contributed by atoms with Crippen molar-refractivity contribution in [3.8, 4) is 0 Å². The van der Waals surface area contributed by atoms with E-state index in [1.54, 1.807) is 12.1 Å². The lowest BCUT2D eigenvalue weighted by Gasteiger charge is -2.24. The number of rotatable bonds is 6. The van der Waals surface area contributed by atoms with Crippen LogP contribution < -0.4 is 4.90 Å². The number of hydrazone groups is 1. The van der Waals surface area contributed by atoms with Gasteiger partial charge in [0, 0.05) is 23.3 Å². The molecule has 1 unspecified atom stereocenters. The summed E-state index contributed by atoms with van der Waals surface area (Å²) in [6.45, 7) is 2.82. The molecule has 1 saturated heterocycles. The van der Waals surface area contributed by atoms with Crippen molar-refractivity contribution < 1.29 is 14.6 Å². The van der Waals surface area contributed by atoms with E-state index in [9.17, 15) is 14.9 Å². The monoisotopic (exact) mass is 415 g/mol. The molecule has 0 bridgehead atoms. The number of quaternary nitrogens is 1. The zero-order valence-corrected chi connectivity index (χ0v) is 17.1. The Morgan fingerprint density at radius 1 is 1.03 bits per heavy atom. The van der Waals surface area contributed by atoms with Crippen molar-refractivity contribution in [3.05, 3.63) is 112 Å². The average Bonchev–Trinajstić information content (AvgIpc) is 3.09. The number of carbonyl (C=O) groups is 1. The van der Waals surface area contributed by atoms with Gasteiger partial charge in [-0.1, -0.05) is 60.7 Å². The van der Waals surface area contributed by atoms with Gasteiger partial charge in [0.1, 0.15) is 6.54 Å². The minimum atomic E-state index is -0.423. The van der Waals surface area contributed by atoms with Gasteiger partial charge in [-0.25, -0.2) is 0 Å². The number of nitrogens with zero attached hydrogens (tertiary/aromatic N) is 3. The van der Waals surface area contributed by atoms with Gasteiger partial charge >= 0.3 is 5.91 Å². The number of amides is 1. The van der Waals surface area contributed by atoms with Crippen LogP contribution in [0.3, 0.4) is 0 Å². The van der Waals surface area contributed by atoms with E-state index in [0.29, 0.717) is 13.1 Å². The van der Waals surface area contributed by atoms with Crippen LogP contribution >= 0.6 is 0 Å². The number of hydrogen-bond acceptors (Lipinski definition) is 4. The molecule has 0 spiro atoms. The Bertz CT molecular complexity index is 1100. The van der Waals surface area contributed by atoms with Crippen LogP contribution in [-0.4, -0.2) is 28.1 Å². The van der Waals surface area contributed by atoms with Crippen molar-refractivity contribution in [3.63, 3.8) is 0 Å². The van der Waals surface area contributed by atoms with Crippen LogP contribution in [-0.2, 0) is 11.3 Å². The number of non-ortho nitro benzene ring substituents is 1. The van der Waals surface area contributed by atoms with Gasteiger partial charge in [-0.15, -0.1) is 0 Å². The predicted octanol–water partition coefficient (Wildman–Crippen LogP) is 2.94. The molecule has 0 radical (unpaired) electrons. The zero-order valence-electron chi connectivity index (χ0n) is 17.1. The minimum Gasteiger partial charge on any atom is -0.298 e. The Morgan fingerprint density at radius 3 is 2.26 bits per heavy atom. The summed E-state index contributed by atoms with van der Waals surface area (Å²) < 4.78 is 0. The molecule has 1 aliphatic rings. The number of benzene rings is 3. The lowest BCUT2D eigenvalue weighted by Crippen LogP contribution is -3.09. The van der Waals surface area contributed by atoms with Crippen molar-refractivity contribution in [1.29, 1.82) is 0 Å². The predicted molar refractivity (Wildman–Crippen MR) is 117 cm³/mol. The maximum absolute atomic E-state index is 13.0. The van der Waals surface area contributed by atoms with Gasteiger partial charge in [0.2, 0.25) is 6.17 Å². The van der Waals surface area contributed by atoms with E-state index in [2.05, 4.69) is 5.10 Å². The normalized spacial score (nSPS) is 18.9. The highest BCUT2D eigenvalue weighted by atomic mass is 16.6. The molecule has 7 heteroatoms. The van der Waals surface area contributed by atoms with Crippen LogP contribution in [0.5, 0.6) is 0 Å². The Labute approximate surface area is 180 Å². The summed E-state index contributed by atoms with van der Waals surface area (Å²) in [6.07, 6.45) is -0.368. The maximum Gasteiger partial charge on any atom is 0.303 e. The molecule has 156 valence electrons. The summed E-state index contributed by atoms with van der Waals surface area (Å²) in [7, 11) is 0. The molecule has 3 aromatic carbocycles. The van der Waals surface area contributed by atoms with Gasteiger partial charge in [0.05, 0.1) is 10.6 Å². The molecule has 0 aromatic heterocycles. The first kappa shape index (κ1) is 20.4. The van der Waals surface area contributed by atoms with Crippen molar-refractivity contribution in [2.24, 2.45) is 5.10 Å². The zero-order chi connectivity index (χ0) is 21.8. The van der Waals surface area contributed by atoms with Crippen LogP contribution in [0.2, 0.25) is 0 Å². The van der Waals surface area contributed by atoms with E-state index in [-0.39, 0.29) is 17.8 Å². The van der Waals surface area contributed by atoms with E-state index in [4.69, 9.17) is 0 Å². The quantitative estimate of drug-likeness (QED) is 0.382. The highest BCUT2D eigenvalue weighted by molar-refractivity contribution is 5.99. The molecule has 0 aliphatic carbocycles. The summed E-state index contributed by atoms with van der Waals surface area (Å²) in [5.41, 5.74) is 3.62. The van der Waals surface area contributed by atoms with Crippen LogP contribution in [0, 0.1) is 10.1 Å². The topological polar surface area (TPSA) is 80.2 Å². The highest BCUT2D eigenvalue weighted by Crippen LogP contribution is 2.23. The summed E-state index contributed by atoms with van der Waals surface area (Å²) >= 11 is 0. The van der Waals surface area contributed by atoms with Gasteiger partial charge in [-0.3, -0.25) is 19.8 Å². The largest absolute Gasteiger partial charge is 0.303 e. The van der Waals surface area contributed by atoms with E-state index >= 15 is 0 Å². The molecular weight excluding hydrogens is 392 g/mol. The second kappa shape index (κ2) is 8.89. The van der Waals surface area contributed by atoms with E-state index < -0.39 is 4.92 Å². The van der Waals surface area contributed by atoms with Crippen molar-refractivity contribution in [1.82, 2.24) is 5.01 Å². The van der Waals surface area contributed by atoms with Gasteiger partial charge in [-0.2, -0.15) is 10.1 Å². The molecule has 1 heterocycles. The first-order chi connectivity index (χ1) is 15.0. The average molecular weight is 415 g/mol. The Hall–Kier alpha value is -3.84. The highest BCUT2D eigenvalue weighted by Gasteiger charge is 2.43. The molecule has 0 saturated carbocycles. The molecule has 3 aromatic rings. The molecule has 7 nitrogen and oxygen atoms in total. The number of nitro benzene ring substituents is 1. The third-order valence-corrected chi connectivity index (χ3v) is 5.41. The molecular formula is C24H23N4O3+. The lowest BCUT2D eigenvalue weighted by atomic mass is 10.1. The van der Waals surface area contributed by atoms with Crippen LogP contribution in [0.25, 0.3) is 0 Å². The third kappa shape index (κ3) is 4.51. The molecule has 31 heavy (non-hydrogen) atoms. The Morgan fingerprint density at radius 2 is 1.65 bits per heavy atom. The second-order valence-electron chi connectivity index (χ2n) is 7.54. The standard InChI is InChI=1S/C24H22N4O3/c1-18(20-10-6-3-7-11-20)25-27-23(29)17-26(16-19-8-4-2-5-9-19)24(27)21-12-14-22(15-13-21)28(30)31/h2-15,24H,16-17H2,1H3/p+1/b25-18-/t24-/m1/s1. The van der Waals surface area contributed by atoms with Crippen molar-refractivity contribution in [2.45, 2.75) is 19.6 Å². The molecule has 2 atom stereocenters. The van der Waals surface area contributed by atoms with E-state index in [0.717, 1.165) is 27.3 Å². The van der Waals surface area contributed by atoms with E-state index in [1.165, 1.54) is 17.1 Å². The maximum atomic E-state index is 13.0. The summed E-state index contributed by atoms with van der Waals surface area (Å²) in [5, 5.41) is 17.3. The molecule has 1 fully saturated rings. The number of nitro groups is 1.